The molecular weight excluding hydrogens is 284 g/mol. The van der Waals surface area contributed by atoms with Crippen LogP contribution in [0.15, 0.2) is 16.6 Å². The van der Waals surface area contributed by atoms with Crippen molar-refractivity contribution in [2.45, 2.75) is 6.18 Å². The lowest BCUT2D eigenvalue weighted by Gasteiger charge is -2.09. The third kappa shape index (κ3) is 2.27. The summed E-state index contributed by atoms with van der Waals surface area (Å²) in [5.74, 6) is 0. The van der Waals surface area contributed by atoms with Gasteiger partial charge in [0.05, 0.1) is 10.6 Å². The second-order valence-electron chi connectivity index (χ2n) is 2.47. The Morgan fingerprint density at radius 3 is 2.29 bits per heavy atom. The van der Waals surface area contributed by atoms with E-state index in [2.05, 4.69) is 15.9 Å². The van der Waals surface area contributed by atoms with Crippen LogP contribution >= 0.6 is 27.5 Å². The third-order valence-corrected chi connectivity index (χ3v) is 2.49. The number of carbonyl (C=O) groups is 1. The van der Waals surface area contributed by atoms with Gasteiger partial charge in [0.15, 0.2) is 6.29 Å². The van der Waals surface area contributed by atoms with Gasteiger partial charge in [0.2, 0.25) is 0 Å². The van der Waals surface area contributed by atoms with E-state index in [0.29, 0.717) is 6.29 Å². The topological polar surface area (TPSA) is 17.1 Å². The van der Waals surface area contributed by atoms with Crippen molar-refractivity contribution in [1.82, 2.24) is 0 Å². The molecule has 0 atom stereocenters. The van der Waals surface area contributed by atoms with Gasteiger partial charge in [-0.15, -0.1) is 0 Å². The van der Waals surface area contributed by atoms with Crippen molar-refractivity contribution in [1.29, 1.82) is 0 Å². The van der Waals surface area contributed by atoms with Crippen LogP contribution in [0.1, 0.15) is 15.9 Å². The van der Waals surface area contributed by atoms with Crippen LogP contribution in [-0.4, -0.2) is 6.29 Å². The Balaban J connectivity index is 3.35. The molecule has 1 nitrogen and oxygen atoms in total. The van der Waals surface area contributed by atoms with Crippen molar-refractivity contribution in [3.63, 3.8) is 0 Å². The zero-order valence-electron chi connectivity index (χ0n) is 6.53. The summed E-state index contributed by atoms with van der Waals surface area (Å²) in [5, 5.41) is -0.221. The van der Waals surface area contributed by atoms with Crippen LogP contribution in [0.2, 0.25) is 5.02 Å². The number of benzene rings is 1. The van der Waals surface area contributed by atoms with E-state index in [1.807, 2.05) is 0 Å². The predicted molar refractivity (Wildman–Crippen MR) is 49.5 cm³/mol. The molecule has 0 spiro atoms. The van der Waals surface area contributed by atoms with E-state index in [-0.39, 0.29) is 15.1 Å². The van der Waals surface area contributed by atoms with Gasteiger partial charge in [-0.2, -0.15) is 13.2 Å². The molecule has 1 aromatic rings. The van der Waals surface area contributed by atoms with Crippen LogP contribution in [0.5, 0.6) is 0 Å². The van der Waals surface area contributed by atoms with E-state index in [9.17, 15) is 18.0 Å². The molecule has 0 saturated carbocycles. The molecule has 0 heterocycles. The van der Waals surface area contributed by atoms with E-state index in [1.54, 1.807) is 0 Å². The molecule has 1 aromatic carbocycles. The summed E-state index contributed by atoms with van der Waals surface area (Å²) < 4.78 is 36.7. The molecule has 14 heavy (non-hydrogen) atoms. The number of aldehydes is 1. The quantitative estimate of drug-likeness (QED) is 0.715. The molecule has 0 fully saturated rings. The molecule has 0 amide bonds. The minimum atomic E-state index is -4.46. The highest BCUT2D eigenvalue weighted by Gasteiger charge is 2.31. The third-order valence-electron chi connectivity index (χ3n) is 1.52. The zero-order chi connectivity index (χ0) is 10.9. The fraction of sp³-hybridized carbons (Fsp3) is 0.125. The minimum absolute atomic E-state index is 0.0136. The molecule has 0 N–H and O–H groups in total. The summed E-state index contributed by atoms with van der Waals surface area (Å²) in [6.07, 6.45) is -4.07. The van der Waals surface area contributed by atoms with Crippen LogP contribution in [0.3, 0.4) is 0 Å². The number of rotatable bonds is 1. The van der Waals surface area contributed by atoms with Gasteiger partial charge in [0.25, 0.3) is 0 Å². The molecule has 0 saturated heterocycles. The van der Waals surface area contributed by atoms with Gasteiger partial charge in [0, 0.05) is 10.0 Å². The Hall–Kier alpha value is -0.550. The van der Waals surface area contributed by atoms with E-state index < -0.39 is 11.7 Å². The van der Waals surface area contributed by atoms with Crippen LogP contribution in [0.4, 0.5) is 13.2 Å². The number of carbonyl (C=O) groups excluding carboxylic acids is 1. The molecule has 0 bridgehead atoms. The standard InChI is InChI=1S/C8H3BrClF3O/c9-6-1-4(8(11,12)13)2-7(10)5(6)3-14/h1-3H. The lowest BCUT2D eigenvalue weighted by molar-refractivity contribution is -0.137. The van der Waals surface area contributed by atoms with Gasteiger partial charge in [-0.05, 0) is 28.1 Å². The molecular formula is C8H3BrClF3O. The fourth-order valence-electron chi connectivity index (χ4n) is 0.861. The molecule has 6 heteroatoms. The minimum Gasteiger partial charge on any atom is -0.298 e. The summed E-state index contributed by atoms with van der Waals surface area (Å²) in [4.78, 5) is 10.4. The summed E-state index contributed by atoms with van der Waals surface area (Å²) in [6, 6.07) is 1.53. The Kier molecular flexibility index (Phi) is 3.21. The van der Waals surface area contributed by atoms with Crippen LogP contribution in [-0.2, 0) is 6.18 Å². The lowest BCUT2D eigenvalue weighted by Crippen LogP contribution is -2.05. The summed E-state index contributed by atoms with van der Waals surface area (Å²) >= 11 is 8.31. The maximum atomic E-state index is 12.2. The number of alkyl halides is 3. The second-order valence-corrected chi connectivity index (χ2v) is 3.73. The number of halogens is 5. The summed E-state index contributed by atoms with van der Waals surface area (Å²) in [5.41, 5.74) is -0.875. The first-order valence-corrected chi connectivity index (χ1v) is 4.54. The van der Waals surface area contributed by atoms with Crippen LogP contribution in [0, 0.1) is 0 Å². The normalized spacial score (nSPS) is 11.5. The number of hydrogen-bond acceptors (Lipinski definition) is 1. The van der Waals surface area contributed by atoms with Crippen LogP contribution in [0.25, 0.3) is 0 Å². The molecule has 1 rings (SSSR count). The van der Waals surface area contributed by atoms with Gasteiger partial charge in [-0.1, -0.05) is 11.6 Å². The van der Waals surface area contributed by atoms with Crippen molar-refractivity contribution < 1.29 is 18.0 Å². The van der Waals surface area contributed by atoms with Crippen molar-refractivity contribution >= 4 is 33.8 Å². The Bertz CT molecular complexity index is 352. The highest BCUT2D eigenvalue weighted by molar-refractivity contribution is 9.10. The largest absolute Gasteiger partial charge is 0.416 e. The molecule has 0 unspecified atom stereocenters. The van der Waals surface area contributed by atoms with E-state index in [0.717, 1.165) is 12.1 Å². The lowest BCUT2D eigenvalue weighted by atomic mass is 10.1. The monoisotopic (exact) mass is 286 g/mol. The molecule has 0 aliphatic heterocycles. The average molecular weight is 287 g/mol. The Morgan fingerprint density at radius 1 is 1.36 bits per heavy atom. The van der Waals surface area contributed by atoms with Crippen molar-refractivity contribution in [2.24, 2.45) is 0 Å². The van der Waals surface area contributed by atoms with E-state index >= 15 is 0 Å². The SMILES string of the molecule is O=Cc1c(Cl)cc(C(F)(F)F)cc1Br. The molecule has 0 aliphatic carbocycles. The average Bonchev–Trinajstić information content (AvgIpc) is 2.01. The zero-order valence-corrected chi connectivity index (χ0v) is 8.87. The highest BCUT2D eigenvalue weighted by Crippen LogP contribution is 2.35. The highest BCUT2D eigenvalue weighted by atomic mass is 79.9. The summed E-state index contributed by atoms with van der Waals surface area (Å²) in [6.45, 7) is 0. The molecule has 0 aromatic heterocycles. The van der Waals surface area contributed by atoms with E-state index in [4.69, 9.17) is 11.6 Å². The maximum absolute atomic E-state index is 12.2. The van der Waals surface area contributed by atoms with Gasteiger partial charge in [0.1, 0.15) is 0 Å². The maximum Gasteiger partial charge on any atom is 0.416 e. The fourth-order valence-corrected chi connectivity index (χ4v) is 1.79. The first-order chi connectivity index (χ1) is 6.36. The van der Waals surface area contributed by atoms with Gasteiger partial charge < -0.3 is 0 Å². The van der Waals surface area contributed by atoms with Gasteiger partial charge in [-0.25, -0.2) is 0 Å². The first-order valence-electron chi connectivity index (χ1n) is 3.37. The van der Waals surface area contributed by atoms with Crippen molar-refractivity contribution in [2.75, 3.05) is 0 Å². The van der Waals surface area contributed by atoms with Crippen molar-refractivity contribution in [3.8, 4) is 0 Å². The summed E-state index contributed by atoms with van der Waals surface area (Å²) in [7, 11) is 0. The number of hydrogen-bond donors (Lipinski definition) is 0. The van der Waals surface area contributed by atoms with Crippen LogP contribution < -0.4 is 0 Å². The molecule has 0 radical (unpaired) electrons. The first kappa shape index (κ1) is 11.5. The van der Waals surface area contributed by atoms with E-state index in [1.165, 1.54) is 0 Å². The second kappa shape index (κ2) is 3.90. The smallest absolute Gasteiger partial charge is 0.298 e. The predicted octanol–water partition coefficient (Wildman–Crippen LogP) is 3.93. The molecule has 76 valence electrons. The van der Waals surface area contributed by atoms with Gasteiger partial charge in [-0.3, -0.25) is 4.79 Å². The van der Waals surface area contributed by atoms with Gasteiger partial charge >= 0.3 is 6.18 Å². The molecule has 0 aliphatic rings. The van der Waals surface area contributed by atoms with Crippen molar-refractivity contribution in [3.05, 3.63) is 32.8 Å². The Labute approximate surface area is 91.0 Å². The Morgan fingerprint density at radius 2 is 1.93 bits per heavy atom.